The van der Waals surface area contributed by atoms with Crippen LogP contribution in [0.1, 0.15) is 44.5 Å². The zero-order valence-corrected chi connectivity index (χ0v) is 42.0. The maximum absolute atomic E-state index is 14.2. The van der Waals surface area contributed by atoms with Gasteiger partial charge in [-0.1, -0.05) is 48.5 Å². The zero-order valence-electron chi connectivity index (χ0n) is 40.3. The van der Waals surface area contributed by atoms with Gasteiger partial charge in [-0.3, -0.25) is 0 Å². The van der Waals surface area contributed by atoms with Gasteiger partial charge in [0, 0.05) is 0 Å². The molecule has 0 atom stereocenters. The number of hydrogen-bond donors (Lipinski definition) is 0. The predicted molar refractivity (Wildman–Crippen MR) is 251 cm³/mol. The summed E-state index contributed by atoms with van der Waals surface area (Å²) in [6.45, 7) is 1.16. The Morgan fingerprint density at radius 1 is 0.309 bits per heavy atom. The average molecular weight is 1250 g/mol. The first-order valence-corrected chi connectivity index (χ1v) is 25.1. The second-order valence-corrected chi connectivity index (χ2v) is 21.6. The van der Waals surface area contributed by atoms with Crippen molar-refractivity contribution in [2.45, 2.75) is 49.4 Å². The maximum atomic E-state index is 14.2. The van der Waals surface area contributed by atoms with Gasteiger partial charge in [-0.25, -0.2) is 0 Å². The molecule has 0 heterocycles. The summed E-state index contributed by atoms with van der Waals surface area (Å²) >= 11 is -1.39. The molecular formula is C53H33BF24O2Se. The van der Waals surface area contributed by atoms with Crippen LogP contribution in [-0.4, -0.2) is 40.4 Å². The van der Waals surface area contributed by atoms with Crippen LogP contribution in [0.5, 0.6) is 5.75 Å². The van der Waals surface area contributed by atoms with Crippen molar-refractivity contribution in [1.29, 1.82) is 0 Å². The summed E-state index contributed by atoms with van der Waals surface area (Å²) in [6.07, 6.45) is -54.8. The van der Waals surface area contributed by atoms with E-state index in [2.05, 4.69) is 78.9 Å². The average Bonchev–Trinajstić information content (AvgIpc) is 3.36. The molecule has 434 valence electrons. The van der Waals surface area contributed by atoms with Crippen LogP contribution in [0.3, 0.4) is 0 Å². The molecule has 0 aliphatic rings. The van der Waals surface area contributed by atoms with E-state index in [-0.39, 0.29) is 0 Å². The third-order valence-corrected chi connectivity index (χ3v) is 16.8. The molecule has 7 aromatic carbocycles. The number of para-hydroxylation sites is 1. The van der Waals surface area contributed by atoms with Gasteiger partial charge in [-0.05, 0) is 24.3 Å². The van der Waals surface area contributed by atoms with Crippen LogP contribution in [0.15, 0.2) is 158 Å². The second kappa shape index (κ2) is 23.2. The van der Waals surface area contributed by atoms with E-state index in [9.17, 15) is 105 Å². The largest absolute Gasteiger partial charge is 0.416 e. The van der Waals surface area contributed by atoms with E-state index >= 15 is 0 Å². The minimum absolute atomic E-state index is 0.565. The molecule has 0 saturated heterocycles. The molecule has 0 N–H and O–H groups in total. The molecular weight excluding hydrogens is 1210 g/mol. The molecule has 2 nitrogen and oxygen atoms in total. The van der Waals surface area contributed by atoms with Crippen LogP contribution in [0.2, 0.25) is 0 Å². The Hall–Kier alpha value is -6.80. The first kappa shape index (κ1) is 63.4. The van der Waals surface area contributed by atoms with Gasteiger partial charge >= 0.3 is 197 Å². The standard InChI is InChI=1S/C32H12BF24.C21H21O2Se/c34-25(35,36)13-1-14(26(37,38)39)6-21(5-13)33(22-7-15(27(40,41)42)2-16(8-22)28(43,44)45,23-9-17(29(46,47)48)3-18(10-23)30(49,50)51)24-11-19(31(52,53)54)4-20(12-24)32(55,56)57;1-22-16-17-23-20-14-8-9-15-21(20)24(18-10-4-2-5-11-18)19-12-6-3-7-13-19/h1-12H;2-15H,16-17H2,1H3/q-1;+1. The quantitative estimate of drug-likeness (QED) is 0.0730. The molecule has 0 saturated carbocycles. The summed E-state index contributed by atoms with van der Waals surface area (Å²) in [4.78, 5) is 0. The number of benzene rings is 7. The van der Waals surface area contributed by atoms with Gasteiger partial charge in [0.1, 0.15) is 6.15 Å². The van der Waals surface area contributed by atoms with Crippen molar-refractivity contribution in [2.75, 3.05) is 20.3 Å². The topological polar surface area (TPSA) is 18.5 Å². The molecule has 0 spiro atoms. The normalized spacial score (nSPS) is 13.3. The minimum Gasteiger partial charge on any atom is -0.194 e. The molecule has 0 aliphatic carbocycles. The van der Waals surface area contributed by atoms with Gasteiger partial charge in [0.2, 0.25) is 0 Å². The van der Waals surface area contributed by atoms with Crippen LogP contribution in [0, 0.1) is 0 Å². The van der Waals surface area contributed by atoms with E-state index in [0.717, 1.165) is 5.75 Å². The van der Waals surface area contributed by atoms with E-state index in [4.69, 9.17) is 9.47 Å². The summed E-state index contributed by atoms with van der Waals surface area (Å²) in [7, 11) is 1.69. The van der Waals surface area contributed by atoms with Crippen molar-refractivity contribution in [3.05, 3.63) is 202 Å². The fourth-order valence-corrected chi connectivity index (χ4v) is 13.1. The predicted octanol–water partition coefficient (Wildman–Crippen LogP) is 13.4. The van der Waals surface area contributed by atoms with Crippen molar-refractivity contribution in [1.82, 2.24) is 0 Å². The van der Waals surface area contributed by atoms with E-state index in [1.165, 1.54) is 13.4 Å². The summed E-state index contributed by atoms with van der Waals surface area (Å²) in [6, 6.07) is 21.1. The number of halogens is 24. The van der Waals surface area contributed by atoms with E-state index < -0.39 is 209 Å². The third-order valence-electron chi connectivity index (χ3n) is 12.0. The third kappa shape index (κ3) is 15.0. The summed E-state index contributed by atoms with van der Waals surface area (Å²) in [5.41, 5.74) is -30.2. The van der Waals surface area contributed by atoms with Crippen LogP contribution < -0.4 is 40.0 Å². The number of ether oxygens (including phenoxy) is 2. The van der Waals surface area contributed by atoms with E-state index in [1.54, 1.807) is 7.11 Å². The van der Waals surface area contributed by atoms with Crippen LogP contribution >= 0.6 is 0 Å². The van der Waals surface area contributed by atoms with Crippen LogP contribution in [0.25, 0.3) is 0 Å². The van der Waals surface area contributed by atoms with Gasteiger partial charge in [-0.2, -0.15) is 127 Å². The summed E-state index contributed by atoms with van der Waals surface area (Å²) in [5, 5.41) is 0. The van der Waals surface area contributed by atoms with Crippen molar-refractivity contribution < 1.29 is 115 Å². The maximum Gasteiger partial charge on any atom is 0.416 e. The van der Waals surface area contributed by atoms with Gasteiger partial charge in [0.05, 0.1) is 44.5 Å². The molecule has 0 aliphatic heterocycles. The van der Waals surface area contributed by atoms with Gasteiger partial charge < -0.3 is 0 Å². The Kier molecular flexibility index (Phi) is 18.2. The van der Waals surface area contributed by atoms with Crippen molar-refractivity contribution >= 4 is 55.3 Å². The fraction of sp³-hybridized carbons (Fsp3) is 0.208. The fourth-order valence-electron chi connectivity index (χ4n) is 8.55. The Morgan fingerprint density at radius 2 is 0.543 bits per heavy atom. The number of methoxy groups -OCH3 is 1. The SMILES string of the molecule is COCCOc1ccccc1[Se+](c1ccccc1)c1ccccc1.FC(F)(F)c1cc([B-](c2cc(C(F)(F)F)cc(C(F)(F)F)c2)(c2cc(C(F)(F)F)cc(C(F)(F)F)c2)c2cc(C(F)(F)F)cc(C(F)(F)F)c2)cc(C(F)(F)F)c1. The Balaban J connectivity index is 0.000000363. The van der Waals surface area contributed by atoms with Gasteiger partial charge in [0.15, 0.2) is 0 Å². The summed E-state index contributed by atoms with van der Waals surface area (Å²) < 4.78 is 356. The molecule has 0 aromatic heterocycles. The van der Waals surface area contributed by atoms with Crippen molar-refractivity contribution in [3.63, 3.8) is 0 Å². The zero-order chi connectivity index (χ0) is 60.5. The number of hydrogen-bond acceptors (Lipinski definition) is 2. The molecule has 7 rings (SSSR count). The Bertz CT molecular complexity index is 2810. The van der Waals surface area contributed by atoms with Gasteiger partial charge in [-0.15, -0.1) is 0 Å². The van der Waals surface area contributed by atoms with Crippen molar-refractivity contribution in [3.8, 4) is 5.75 Å². The molecule has 0 radical (unpaired) electrons. The van der Waals surface area contributed by atoms with Crippen LogP contribution in [0.4, 0.5) is 105 Å². The molecule has 0 fully saturated rings. The molecule has 81 heavy (non-hydrogen) atoms. The Morgan fingerprint density at radius 3 is 0.778 bits per heavy atom. The molecule has 0 unspecified atom stereocenters. The van der Waals surface area contributed by atoms with Crippen molar-refractivity contribution in [2.24, 2.45) is 0 Å². The summed E-state index contributed by atoms with van der Waals surface area (Å²) in [5.74, 6) is 0.965. The van der Waals surface area contributed by atoms with Crippen LogP contribution in [-0.2, 0) is 54.1 Å². The molecule has 0 amide bonds. The molecule has 0 bridgehead atoms. The smallest absolute Gasteiger partial charge is 0.194 e. The first-order valence-electron chi connectivity index (χ1n) is 22.6. The molecule has 28 heteroatoms. The molecule has 7 aromatic rings. The number of rotatable bonds is 11. The monoisotopic (exact) mass is 1250 g/mol. The minimum atomic E-state index is -6.13. The van der Waals surface area contributed by atoms with E-state index in [0.29, 0.717) is 13.2 Å². The van der Waals surface area contributed by atoms with Gasteiger partial charge in [0.25, 0.3) is 0 Å². The Labute approximate surface area is 446 Å². The second-order valence-electron chi connectivity index (χ2n) is 17.4. The van der Waals surface area contributed by atoms with E-state index in [1.807, 2.05) is 6.07 Å². The number of alkyl halides is 24. The first-order chi connectivity index (χ1) is 37.2.